The summed E-state index contributed by atoms with van der Waals surface area (Å²) in [4.78, 5) is 39.8. The largest absolute Gasteiger partial charge is 0.325 e. The molecule has 8 heteroatoms. The average molecular weight is 582 g/mol. The number of hydrogen-bond acceptors (Lipinski definition) is 4. The normalized spacial score (nSPS) is 12.0. The van der Waals surface area contributed by atoms with Crippen molar-refractivity contribution in [3.8, 4) is 0 Å². The predicted octanol–water partition coefficient (Wildman–Crippen LogP) is 7.48. The minimum atomic E-state index is -0.554. The van der Waals surface area contributed by atoms with Crippen molar-refractivity contribution in [1.29, 1.82) is 0 Å². The van der Waals surface area contributed by atoms with Crippen molar-refractivity contribution in [2.24, 2.45) is 0 Å². The lowest BCUT2D eigenvalue weighted by Gasteiger charge is -2.14. The smallest absolute Gasteiger partial charge is 0.272 e. The Hall–Kier alpha value is -4.69. The molecule has 0 saturated heterocycles. The van der Waals surface area contributed by atoms with E-state index in [2.05, 4.69) is 29.8 Å². The molecule has 6 nitrogen and oxygen atoms in total. The van der Waals surface area contributed by atoms with Crippen molar-refractivity contribution in [3.05, 3.63) is 131 Å². The second-order valence-corrected chi connectivity index (χ2v) is 11.4. The molecule has 3 amide bonds. The topological polar surface area (TPSA) is 87.3 Å². The highest BCUT2D eigenvalue weighted by molar-refractivity contribution is 8.00. The molecular weight excluding hydrogens is 549 g/mol. The van der Waals surface area contributed by atoms with Crippen molar-refractivity contribution in [2.45, 2.75) is 36.8 Å². The van der Waals surface area contributed by atoms with E-state index in [0.717, 1.165) is 10.6 Å². The SMILES string of the molecule is CC(Sc1cccc(NC(=O)/C(=C/c2ccc(F)cc2)NC(=O)c2ccccc2)c1)C(=O)Nc1ccc(C(C)C)cc1. The number of hydrogen-bond donors (Lipinski definition) is 3. The predicted molar refractivity (Wildman–Crippen MR) is 168 cm³/mol. The summed E-state index contributed by atoms with van der Waals surface area (Å²) in [7, 11) is 0. The van der Waals surface area contributed by atoms with Crippen LogP contribution in [0.3, 0.4) is 0 Å². The minimum absolute atomic E-state index is 0.00949. The molecule has 0 aliphatic rings. The van der Waals surface area contributed by atoms with Crippen LogP contribution in [0, 0.1) is 5.82 Å². The molecule has 0 saturated carbocycles. The summed E-state index contributed by atoms with van der Waals surface area (Å²) in [5, 5.41) is 8.03. The van der Waals surface area contributed by atoms with Gasteiger partial charge in [0.1, 0.15) is 11.5 Å². The maximum atomic E-state index is 13.4. The second-order valence-electron chi connectivity index (χ2n) is 9.94. The maximum Gasteiger partial charge on any atom is 0.272 e. The van der Waals surface area contributed by atoms with Gasteiger partial charge in [-0.3, -0.25) is 14.4 Å². The van der Waals surface area contributed by atoms with E-state index in [1.54, 1.807) is 48.5 Å². The molecule has 0 aromatic heterocycles. The van der Waals surface area contributed by atoms with Crippen LogP contribution in [-0.4, -0.2) is 23.0 Å². The zero-order valence-electron chi connectivity index (χ0n) is 23.6. The zero-order chi connectivity index (χ0) is 30.1. The first-order chi connectivity index (χ1) is 20.2. The molecule has 1 atom stereocenters. The monoisotopic (exact) mass is 581 g/mol. The molecule has 214 valence electrons. The highest BCUT2D eigenvalue weighted by Gasteiger charge is 2.17. The standard InChI is InChI=1S/C34H32FN3O3S/c1-22(2)25-14-18-28(19-15-25)36-32(39)23(3)42-30-11-7-10-29(21-30)37-34(41)31(20-24-12-16-27(35)17-13-24)38-33(40)26-8-5-4-6-9-26/h4-23H,1-3H3,(H,36,39)(H,37,41)(H,38,40)/b31-20-. The van der Waals surface area contributed by atoms with Gasteiger partial charge in [0.05, 0.1) is 5.25 Å². The minimum Gasteiger partial charge on any atom is -0.325 e. The van der Waals surface area contributed by atoms with Crippen LogP contribution < -0.4 is 16.0 Å². The number of benzene rings is 4. The summed E-state index contributed by atoms with van der Waals surface area (Å²) in [6.07, 6.45) is 1.48. The van der Waals surface area contributed by atoms with Crippen molar-refractivity contribution in [1.82, 2.24) is 5.32 Å². The van der Waals surface area contributed by atoms with Crippen LogP contribution in [0.5, 0.6) is 0 Å². The lowest BCUT2D eigenvalue weighted by atomic mass is 10.0. The van der Waals surface area contributed by atoms with E-state index in [1.807, 2.05) is 37.3 Å². The van der Waals surface area contributed by atoms with E-state index in [-0.39, 0.29) is 11.6 Å². The summed E-state index contributed by atoms with van der Waals surface area (Å²) in [5.41, 5.74) is 3.33. The number of thioether (sulfide) groups is 1. The van der Waals surface area contributed by atoms with Crippen LogP contribution in [0.4, 0.5) is 15.8 Å². The van der Waals surface area contributed by atoms with Gasteiger partial charge < -0.3 is 16.0 Å². The van der Waals surface area contributed by atoms with Crippen LogP contribution in [-0.2, 0) is 9.59 Å². The molecule has 4 rings (SSSR count). The third kappa shape index (κ3) is 8.65. The molecule has 0 aliphatic heterocycles. The van der Waals surface area contributed by atoms with Gasteiger partial charge in [-0.15, -0.1) is 11.8 Å². The quantitative estimate of drug-likeness (QED) is 0.134. The van der Waals surface area contributed by atoms with E-state index < -0.39 is 22.9 Å². The van der Waals surface area contributed by atoms with E-state index in [0.29, 0.717) is 22.7 Å². The van der Waals surface area contributed by atoms with Gasteiger partial charge >= 0.3 is 0 Å². The molecule has 0 heterocycles. The zero-order valence-corrected chi connectivity index (χ0v) is 24.4. The lowest BCUT2D eigenvalue weighted by molar-refractivity contribution is -0.115. The third-order valence-electron chi connectivity index (χ3n) is 6.33. The molecule has 3 N–H and O–H groups in total. The molecule has 4 aromatic carbocycles. The second kappa shape index (κ2) is 14.3. The van der Waals surface area contributed by atoms with Crippen LogP contribution in [0.15, 0.2) is 114 Å². The van der Waals surface area contributed by atoms with Crippen LogP contribution in [0.2, 0.25) is 0 Å². The number of carbonyl (C=O) groups is 3. The molecule has 0 spiro atoms. The van der Waals surface area contributed by atoms with Gasteiger partial charge in [-0.25, -0.2) is 4.39 Å². The molecule has 0 fully saturated rings. The Kier molecular flexibility index (Phi) is 10.3. The Bertz CT molecular complexity index is 1570. The van der Waals surface area contributed by atoms with Gasteiger partial charge in [-0.1, -0.05) is 62.4 Å². The molecule has 0 bridgehead atoms. The number of amides is 3. The Balaban J connectivity index is 1.45. The van der Waals surface area contributed by atoms with E-state index >= 15 is 0 Å². The van der Waals surface area contributed by atoms with Gasteiger partial charge in [0.2, 0.25) is 5.91 Å². The first-order valence-electron chi connectivity index (χ1n) is 13.5. The Morgan fingerprint density at radius 3 is 2.12 bits per heavy atom. The van der Waals surface area contributed by atoms with Crippen molar-refractivity contribution in [2.75, 3.05) is 10.6 Å². The van der Waals surface area contributed by atoms with Crippen molar-refractivity contribution >= 4 is 46.9 Å². The summed E-state index contributed by atoms with van der Waals surface area (Å²) in [6.45, 7) is 6.05. The third-order valence-corrected chi connectivity index (χ3v) is 7.42. The summed E-state index contributed by atoms with van der Waals surface area (Å²) in [5.74, 6) is -1.15. The lowest BCUT2D eigenvalue weighted by Crippen LogP contribution is -2.30. The van der Waals surface area contributed by atoms with E-state index in [1.165, 1.54) is 47.7 Å². The Labute approximate surface area is 249 Å². The number of carbonyl (C=O) groups excluding carboxylic acids is 3. The summed E-state index contributed by atoms with van der Waals surface area (Å²) >= 11 is 1.36. The van der Waals surface area contributed by atoms with Crippen LogP contribution >= 0.6 is 11.8 Å². The summed E-state index contributed by atoms with van der Waals surface area (Å²) in [6, 6.07) is 29.0. The van der Waals surface area contributed by atoms with E-state index in [9.17, 15) is 18.8 Å². The highest BCUT2D eigenvalue weighted by atomic mass is 32.2. The first kappa shape index (κ1) is 30.3. The average Bonchev–Trinajstić information content (AvgIpc) is 2.98. The Morgan fingerprint density at radius 1 is 0.762 bits per heavy atom. The fourth-order valence-electron chi connectivity index (χ4n) is 3.97. The van der Waals surface area contributed by atoms with Gasteiger partial charge in [-0.05, 0) is 84.6 Å². The fraction of sp³-hybridized carbons (Fsp3) is 0.147. The summed E-state index contributed by atoms with van der Waals surface area (Å²) < 4.78 is 13.4. The van der Waals surface area contributed by atoms with Crippen molar-refractivity contribution < 1.29 is 18.8 Å². The van der Waals surface area contributed by atoms with Crippen LogP contribution in [0.1, 0.15) is 48.2 Å². The highest BCUT2D eigenvalue weighted by Crippen LogP contribution is 2.27. The molecule has 42 heavy (non-hydrogen) atoms. The van der Waals surface area contributed by atoms with Gasteiger partial charge in [0.15, 0.2) is 0 Å². The molecule has 0 aliphatic carbocycles. The molecule has 4 aromatic rings. The van der Waals surface area contributed by atoms with E-state index in [4.69, 9.17) is 0 Å². The van der Waals surface area contributed by atoms with Gasteiger partial charge in [-0.2, -0.15) is 0 Å². The number of nitrogens with one attached hydrogen (secondary N) is 3. The van der Waals surface area contributed by atoms with Crippen LogP contribution in [0.25, 0.3) is 6.08 Å². The molecule has 1 unspecified atom stereocenters. The molecular formula is C34H32FN3O3S. The number of rotatable bonds is 10. The maximum absolute atomic E-state index is 13.4. The number of halogens is 1. The van der Waals surface area contributed by atoms with Gasteiger partial charge in [0, 0.05) is 21.8 Å². The fourth-order valence-corrected chi connectivity index (χ4v) is 4.89. The Morgan fingerprint density at radius 2 is 1.45 bits per heavy atom. The molecule has 0 radical (unpaired) electrons. The van der Waals surface area contributed by atoms with Crippen molar-refractivity contribution in [3.63, 3.8) is 0 Å². The van der Waals surface area contributed by atoms with Gasteiger partial charge in [0.25, 0.3) is 11.8 Å². The first-order valence-corrected chi connectivity index (χ1v) is 14.4. The number of anilines is 2.